The van der Waals surface area contributed by atoms with E-state index in [1.54, 1.807) is 0 Å². The van der Waals surface area contributed by atoms with E-state index in [2.05, 4.69) is 127 Å². The molecule has 0 spiro atoms. The highest BCUT2D eigenvalue weighted by atomic mass is 15.0. The largest absolute Gasteiger partial charge is 0.208 e. The van der Waals surface area contributed by atoms with Crippen molar-refractivity contribution in [3.05, 3.63) is 188 Å². The number of hydrogen-bond acceptors (Lipinski definition) is 3. The quantitative estimate of drug-likeness (QED) is 0.182. The lowest BCUT2D eigenvalue weighted by Gasteiger charge is -2.11. The number of nitrogens with zero attached hydrogens (tertiary/aromatic N) is 3. The van der Waals surface area contributed by atoms with Gasteiger partial charge in [0.1, 0.15) is 0 Å². The van der Waals surface area contributed by atoms with E-state index in [0.29, 0.717) is 17.5 Å². The van der Waals surface area contributed by atoms with Gasteiger partial charge in [-0.1, -0.05) is 158 Å². The standard InChI is InChI=1S/C47H31N3/c1-3-12-33(13-4-1)45-48-46(34-14-5-2-6-15-34)50-47(49-45)44-20-10-19-38(31-44)41-24-26-42-29-40(23-25-43(42)30-41)37-18-9-17-36(28-37)39-22-21-32-11-7-8-16-35(32)27-39/h1-31H. The fourth-order valence-corrected chi connectivity index (χ4v) is 6.63. The van der Waals surface area contributed by atoms with Crippen LogP contribution in [0.2, 0.25) is 0 Å². The molecule has 0 amide bonds. The zero-order chi connectivity index (χ0) is 33.3. The molecule has 50 heavy (non-hydrogen) atoms. The van der Waals surface area contributed by atoms with E-state index in [1.165, 1.54) is 43.8 Å². The van der Waals surface area contributed by atoms with E-state index in [4.69, 9.17) is 15.0 Å². The third-order valence-electron chi connectivity index (χ3n) is 9.27. The molecule has 9 rings (SSSR count). The van der Waals surface area contributed by atoms with E-state index in [1.807, 2.05) is 60.7 Å². The van der Waals surface area contributed by atoms with Crippen molar-refractivity contribution in [2.45, 2.75) is 0 Å². The van der Waals surface area contributed by atoms with Crippen molar-refractivity contribution in [3.8, 4) is 67.5 Å². The molecule has 0 bridgehead atoms. The van der Waals surface area contributed by atoms with Crippen LogP contribution in [0.4, 0.5) is 0 Å². The molecule has 0 atom stereocenters. The average Bonchev–Trinajstić information content (AvgIpc) is 3.21. The van der Waals surface area contributed by atoms with Crippen LogP contribution >= 0.6 is 0 Å². The Kier molecular flexibility index (Phi) is 7.49. The lowest BCUT2D eigenvalue weighted by Crippen LogP contribution is -2.00. The van der Waals surface area contributed by atoms with Crippen LogP contribution in [0.25, 0.3) is 89.1 Å². The predicted molar refractivity (Wildman–Crippen MR) is 207 cm³/mol. The molecule has 1 aromatic heterocycles. The van der Waals surface area contributed by atoms with Crippen molar-refractivity contribution in [1.29, 1.82) is 0 Å². The summed E-state index contributed by atoms with van der Waals surface area (Å²) in [5.41, 5.74) is 9.96. The van der Waals surface area contributed by atoms with E-state index in [-0.39, 0.29) is 0 Å². The topological polar surface area (TPSA) is 38.7 Å². The van der Waals surface area contributed by atoms with Crippen molar-refractivity contribution in [3.63, 3.8) is 0 Å². The van der Waals surface area contributed by atoms with E-state index >= 15 is 0 Å². The number of aromatic nitrogens is 3. The van der Waals surface area contributed by atoms with Gasteiger partial charge in [-0.2, -0.15) is 0 Å². The Morgan fingerprint density at radius 3 is 1.02 bits per heavy atom. The summed E-state index contributed by atoms with van der Waals surface area (Å²) in [4.78, 5) is 14.7. The fraction of sp³-hybridized carbons (Fsp3) is 0. The molecule has 0 N–H and O–H groups in total. The molecule has 1 heterocycles. The van der Waals surface area contributed by atoms with Crippen molar-refractivity contribution in [1.82, 2.24) is 15.0 Å². The Balaban J connectivity index is 1.04. The first kappa shape index (κ1) is 29.4. The maximum atomic E-state index is 4.94. The molecule has 0 saturated carbocycles. The van der Waals surface area contributed by atoms with Crippen LogP contribution in [-0.2, 0) is 0 Å². The zero-order valence-corrected chi connectivity index (χ0v) is 27.2. The summed E-state index contributed by atoms with van der Waals surface area (Å²) in [5, 5.41) is 4.91. The number of rotatable bonds is 6. The van der Waals surface area contributed by atoms with Gasteiger partial charge in [0.15, 0.2) is 17.5 Å². The Morgan fingerprint density at radius 2 is 0.520 bits per heavy atom. The third-order valence-corrected chi connectivity index (χ3v) is 9.27. The normalized spacial score (nSPS) is 11.2. The maximum absolute atomic E-state index is 4.94. The minimum absolute atomic E-state index is 0.649. The summed E-state index contributed by atoms with van der Waals surface area (Å²) < 4.78 is 0. The molecule has 3 nitrogen and oxygen atoms in total. The molecule has 0 aliphatic carbocycles. The van der Waals surface area contributed by atoms with Crippen LogP contribution in [0.5, 0.6) is 0 Å². The van der Waals surface area contributed by atoms with Gasteiger partial charge in [-0.25, -0.2) is 15.0 Å². The van der Waals surface area contributed by atoms with Crippen LogP contribution in [0.3, 0.4) is 0 Å². The van der Waals surface area contributed by atoms with Crippen LogP contribution in [0.1, 0.15) is 0 Å². The molecule has 0 saturated heterocycles. The van der Waals surface area contributed by atoms with Crippen molar-refractivity contribution >= 4 is 21.5 Å². The van der Waals surface area contributed by atoms with Gasteiger partial charge in [0, 0.05) is 16.7 Å². The van der Waals surface area contributed by atoms with Gasteiger partial charge in [-0.3, -0.25) is 0 Å². The first-order valence-corrected chi connectivity index (χ1v) is 16.8. The molecule has 3 heteroatoms. The van der Waals surface area contributed by atoms with Gasteiger partial charge in [-0.05, 0) is 85.3 Å². The molecule has 0 radical (unpaired) electrons. The summed E-state index contributed by atoms with van der Waals surface area (Å²) in [6.45, 7) is 0. The van der Waals surface area contributed by atoms with Gasteiger partial charge in [0.05, 0.1) is 0 Å². The van der Waals surface area contributed by atoms with Crippen LogP contribution in [0, 0.1) is 0 Å². The maximum Gasteiger partial charge on any atom is 0.164 e. The van der Waals surface area contributed by atoms with Crippen LogP contribution in [0.15, 0.2) is 188 Å². The fourth-order valence-electron chi connectivity index (χ4n) is 6.63. The minimum Gasteiger partial charge on any atom is -0.208 e. The lowest BCUT2D eigenvalue weighted by atomic mass is 9.95. The number of benzene rings is 8. The summed E-state index contributed by atoms with van der Waals surface area (Å²) in [5.74, 6) is 1.96. The Labute approximate surface area is 291 Å². The van der Waals surface area contributed by atoms with Gasteiger partial charge >= 0.3 is 0 Å². The highest BCUT2D eigenvalue weighted by Gasteiger charge is 2.13. The lowest BCUT2D eigenvalue weighted by molar-refractivity contribution is 1.07. The number of fused-ring (bicyclic) bond motifs is 2. The second-order valence-corrected chi connectivity index (χ2v) is 12.5. The molecule has 0 aliphatic rings. The van der Waals surface area contributed by atoms with E-state index in [0.717, 1.165) is 27.8 Å². The Bertz CT molecular complexity index is 2590. The molecule has 0 unspecified atom stereocenters. The van der Waals surface area contributed by atoms with E-state index in [9.17, 15) is 0 Å². The monoisotopic (exact) mass is 637 g/mol. The average molecular weight is 638 g/mol. The van der Waals surface area contributed by atoms with Crippen molar-refractivity contribution in [2.75, 3.05) is 0 Å². The van der Waals surface area contributed by atoms with Crippen LogP contribution < -0.4 is 0 Å². The molecule has 8 aromatic carbocycles. The SMILES string of the molecule is c1ccc(-c2nc(-c3ccccc3)nc(-c3cccc(-c4ccc5cc(-c6cccc(-c7ccc8ccccc8c7)c6)ccc5c4)c3)n2)cc1. The van der Waals surface area contributed by atoms with Gasteiger partial charge in [0.2, 0.25) is 0 Å². The van der Waals surface area contributed by atoms with Crippen molar-refractivity contribution in [2.24, 2.45) is 0 Å². The van der Waals surface area contributed by atoms with E-state index < -0.39 is 0 Å². The highest BCUT2D eigenvalue weighted by Crippen LogP contribution is 2.33. The van der Waals surface area contributed by atoms with Crippen molar-refractivity contribution < 1.29 is 0 Å². The first-order chi connectivity index (χ1) is 24.7. The molecule has 0 aliphatic heterocycles. The second-order valence-electron chi connectivity index (χ2n) is 12.5. The summed E-state index contributed by atoms with van der Waals surface area (Å²) in [6, 6.07) is 66.1. The highest BCUT2D eigenvalue weighted by molar-refractivity contribution is 5.92. The second kappa shape index (κ2) is 12.7. The van der Waals surface area contributed by atoms with Gasteiger partial charge < -0.3 is 0 Å². The molecular formula is C47H31N3. The molecular weight excluding hydrogens is 607 g/mol. The number of hydrogen-bond donors (Lipinski definition) is 0. The first-order valence-electron chi connectivity index (χ1n) is 16.8. The van der Waals surface area contributed by atoms with Crippen LogP contribution in [-0.4, -0.2) is 15.0 Å². The Hall–Kier alpha value is -6.71. The smallest absolute Gasteiger partial charge is 0.164 e. The Morgan fingerprint density at radius 1 is 0.200 bits per heavy atom. The van der Waals surface area contributed by atoms with Gasteiger partial charge in [0.25, 0.3) is 0 Å². The zero-order valence-electron chi connectivity index (χ0n) is 27.2. The summed E-state index contributed by atoms with van der Waals surface area (Å²) in [6.07, 6.45) is 0. The third kappa shape index (κ3) is 5.82. The summed E-state index contributed by atoms with van der Waals surface area (Å²) >= 11 is 0. The molecule has 234 valence electrons. The van der Waals surface area contributed by atoms with Gasteiger partial charge in [-0.15, -0.1) is 0 Å². The minimum atomic E-state index is 0.649. The molecule has 9 aromatic rings. The summed E-state index contributed by atoms with van der Waals surface area (Å²) in [7, 11) is 0. The molecule has 0 fully saturated rings. The predicted octanol–water partition coefficient (Wildman–Crippen LogP) is 12.2.